The zero-order valence-corrected chi connectivity index (χ0v) is 16.2. The summed E-state index contributed by atoms with van der Waals surface area (Å²) >= 11 is 6.11. The molecule has 1 saturated heterocycles. The number of esters is 1. The molecule has 1 aliphatic rings. The highest BCUT2D eigenvalue weighted by atomic mass is 35.5. The monoisotopic (exact) mass is 400 g/mol. The molecule has 2 aromatic carbocycles. The molecule has 146 valence electrons. The third-order valence-corrected chi connectivity index (χ3v) is 5.18. The average molecular weight is 401 g/mol. The molecule has 0 atom stereocenters. The Hall–Kier alpha value is -2.86. The van der Waals surface area contributed by atoms with Crippen LogP contribution in [0.15, 0.2) is 48.5 Å². The summed E-state index contributed by atoms with van der Waals surface area (Å²) in [7, 11) is 1.30. The van der Waals surface area contributed by atoms with Crippen LogP contribution in [0.5, 0.6) is 0 Å². The summed E-state index contributed by atoms with van der Waals surface area (Å²) in [5.74, 6) is -1.03. The lowest BCUT2D eigenvalue weighted by Gasteiger charge is -2.31. The van der Waals surface area contributed by atoms with Crippen molar-refractivity contribution in [1.82, 2.24) is 4.90 Å². The predicted octanol–water partition coefficient (Wildman–Crippen LogP) is 3.62. The first-order valence-electron chi connectivity index (χ1n) is 9.03. The van der Waals surface area contributed by atoms with Crippen molar-refractivity contribution < 1.29 is 19.1 Å². The van der Waals surface area contributed by atoms with Crippen molar-refractivity contribution in [3.63, 3.8) is 0 Å². The van der Waals surface area contributed by atoms with Gasteiger partial charge in [-0.2, -0.15) is 0 Å². The fourth-order valence-electron chi connectivity index (χ4n) is 3.26. The zero-order chi connectivity index (χ0) is 20.1. The number of para-hydroxylation sites is 1. The molecule has 3 rings (SSSR count). The van der Waals surface area contributed by atoms with Gasteiger partial charge in [-0.1, -0.05) is 35.9 Å². The molecule has 1 heterocycles. The van der Waals surface area contributed by atoms with E-state index in [0.717, 1.165) is 0 Å². The van der Waals surface area contributed by atoms with Crippen LogP contribution in [0, 0.1) is 5.92 Å². The number of rotatable bonds is 4. The number of nitrogens with one attached hydrogen (secondary N) is 1. The van der Waals surface area contributed by atoms with Crippen molar-refractivity contribution in [2.24, 2.45) is 5.92 Å². The Morgan fingerprint density at radius 3 is 2.25 bits per heavy atom. The maximum atomic E-state index is 12.6. The molecule has 2 aromatic rings. The summed E-state index contributed by atoms with van der Waals surface area (Å²) in [5, 5.41) is 3.24. The lowest BCUT2D eigenvalue weighted by atomic mass is 9.95. The third-order valence-electron chi connectivity index (χ3n) is 4.85. The van der Waals surface area contributed by atoms with Crippen molar-refractivity contribution in [1.29, 1.82) is 0 Å². The number of anilines is 1. The molecule has 2 amide bonds. The lowest BCUT2D eigenvalue weighted by molar-refractivity contribution is -0.121. The standard InChI is InChI=1S/C21H21ClN2O4/c1-28-21(27)16-7-3-5-9-18(16)23-19(25)14-10-12-24(13-11-14)20(26)15-6-2-4-8-17(15)22/h2-9,14H,10-13H2,1H3,(H,23,25). The molecule has 0 aliphatic carbocycles. The van der Waals surface area contributed by atoms with E-state index in [4.69, 9.17) is 16.3 Å². The van der Waals surface area contributed by atoms with E-state index >= 15 is 0 Å². The van der Waals surface area contributed by atoms with E-state index in [1.807, 2.05) is 0 Å². The van der Waals surface area contributed by atoms with Gasteiger partial charge in [0.25, 0.3) is 5.91 Å². The van der Waals surface area contributed by atoms with Gasteiger partial charge in [-0.25, -0.2) is 4.79 Å². The summed E-state index contributed by atoms with van der Waals surface area (Å²) in [6, 6.07) is 13.7. The normalized spacial score (nSPS) is 14.4. The molecule has 6 nitrogen and oxygen atoms in total. The highest BCUT2D eigenvalue weighted by molar-refractivity contribution is 6.33. The molecule has 0 bridgehead atoms. The molecule has 1 N–H and O–H groups in total. The first-order valence-corrected chi connectivity index (χ1v) is 9.41. The molecular weight excluding hydrogens is 380 g/mol. The van der Waals surface area contributed by atoms with Gasteiger partial charge in [0.05, 0.1) is 28.9 Å². The molecule has 1 aliphatic heterocycles. The smallest absolute Gasteiger partial charge is 0.339 e. The van der Waals surface area contributed by atoms with Crippen molar-refractivity contribution in [3.05, 3.63) is 64.7 Å². The van der Waals surface area contributed by atoms with Gasteiger partial charge in [0.15, 0.2) is 0 Å². The second-order valence-electron chi connectivity index (χ2n) is 6.57. The minimum atomic E-state index is -0.504. The largest absolute Gasteiger partial charge is 0.465 e. The summed E-state index contributed by atoms with van der Waals surface area (Å²) < 4.78 is 4.75. The topological polar surface area (TPSA) is 75.7 Å². The third kappa shape index (κ3) is 4.34. The number of methoxy groups -OCH3 is 1. The number of nitrogens with zero attached hydrogens (tertiary/aromatic N) is 1. The van der Waals surface area contributed by atoms with Gasteiger partial charge in [0, 0.05) is 19.0 Å². The number of halogens is 1. The minimum Gasteiger partial charge on any atom is -0.465 e. The number of hydrogen-bond acceptors (Lipinski definition) is 4. The Morgan fingerprint density at radius 2 is 1.61 bits per heavy atom. The minimum absolute atomic E-state index is 0.125. The van der Waals surface area contributed by atoms with E-state index in [2.05, 4.69) is 5.32 Å². The number of ether oxygens (including phenoxy) is 1. The number of likely N-dealkylation sites (tertiary alicyclic amines) is 1. The van der Waals surface area contributed by atoms with Crippen molar-refractivity contribution in [2.75, 3.05) is 25.5 Å². The van der Waals surface area contributed by atoms with E-state index in [-0.39, 0.29) is 17.7 Å². The average Bonchev–Trinajstić information content (AvgIpc) is 2.73. The van der Waals surface area contributed by atoms with Crippen LogP contribution in [-0.2, 0) is 9.53 Å². The summed E-state index contributed by atoms with van der Waals surface area (Å²) in [6.07, 6.45) is 1.09. The Bertz CT molecular complexity index is 891. The molecule has 0 saturated carbocycles. The van der Waals surface area contributed by atoms with Gasteiger partial charge in [0.1, 0.15) is 0 Å². The Kier molecular flexibility index (Phi) is 6.31. The fraction of sp³-hybridized carbons (Fsp3) is 0.286. The molecule has 0 radical (unpaired) electrons. The molecule has 0 unspecified atom stereocenters. The molecule has 0 spiro atoms. The molecule has 7 heteroatoms. The van der Waals surface area contributed by atoms with E-state index in [0.29, 0.717) is 47.8 Å². The number of amides is 2. The van der Waals surface area contributed by atoms with Crippen LogP contribution in [0.4, 0.5) is 5.69 Å². The predicted molar refractivity (Wildman–Crippen MR) is 106 cm³/mol. The highest BCUT2D eigenvalue weighted by Gasteiger charge is 2.29. The van der Waals surface area contributed by atoms with Gasteiger partial charge in [-0.3, -0.25) is 9.59 Å². The lowest BCUT2D eigenvalue weighted by Crippen LogP contribution is -2.41. The summed E-state index contributed by atoms with van der Waals surface area (Å²) in [4.78, 5) is 38.8. The Balaban J connectivity index is 1.61. The first kappa shape index (κ1) is 19.9. The van der Waals surface area contributed by atoms with E-state index in [1.54, 1.807) is 53.4 Å². The summed E-state index contributed by atoms with van der Waals surface area (Å²) in [5.41, 5.74) is 1.21. The van der Waals surface area contributed by atoms with Gasteiger partial charge in [-0.15, -0.1) is 0 Å². The van der Waals surface area contributed by atoms with Crippen LogP contribution in [0.3, 0.4) is 0 Å². The second-order valence-corrected chi connectivity index (χ2v) is 6.98. The Morgan fingerprint density at radius 1 is 1.00 bits per heavy atom. The zero-order valence-electron chi connectivity index (χ0n) is 15.5. The molecule has 28 heavy (non-hydrogen) atoms. The van der Waals surface area contributed by atoms with Gasteiger partial charge < -0.3 is 15.0 Å². The van der Waals surface area contributed by atoms with Crippen molar-refractivity contribution in [2.45, 2.75) is 12.8 Å². The van der Waals surface area contributed by atoms with Crippen LogP contribution >= 0.6 is 11.6 Å². The van der Waals surface area contributed by atoms with Crippen molar-refractivity contribution in [3.8, 4) is 0 Å². The highest BCUT2D eigenvalue weighted by Crippen LogP contribution is 2.24. The number of carbonyl (C=O) groups is 3. The Labute approximate surface area is 168 Å². The van der Waals surface area contributed by atoms with Crippen LogP contribution in [0.2, 0.25) is 5.02 Å². The SMILES string of the molecule is COC(=O)c1ccccc1NC(=O)C1CCN(C(=O)c2ccccc2Cl)CC1. The molecule has 0 aromatic heterocycles. The molecular formula is C21H21ClN2O4. The number of hydrogen-bond donors (Lipinski definition) is 1. The van der Waals surface area contributed by atoms with Crippen molar-refractivity contribution >= 4 is 35.1 Å². The van der Waals surface area contributed by atoms with Crippen LogP contribution in [0.1, 0.15) is 33.6 Å². The van der Waals surface area contributed by atoms with Crippen LogP contribution in [-0.4, -0.2) is 42.9 Å². The van der Waals surface area contributed by atoms with E-state index < -0.39 is 5.97 Å². The van der Waals surface area contributed by atoms with E-state index in [1.165, 1.54) is 7.11 Å². The maximum Gasteiger partial charge on any atom is 0.339 e. The van der Waals surface area contributed by atoms with Crippen LogP contribution in [0.25, 0.3) is 0 Å². The quantitative estimate of drug-likeness (QED) is 0.795. The summed E-state index contributed by atoms with van der Waals surface area (Å²) in [6.45, 7) is 0.946. The second kappa shape index (κ2) is 8.89. The first-order chi connectivity index (χ1) is 13.5. The number of piperidine rings is 1. The van der Waals surface area contributed by atoms with E-state index in [9.17, 15) is 14.4 Å². The number of benzene rings is 2. The molecule has 1 fully saturated rings. The van der Waals surface area contributed by atoms with Gasteiger partial charge in [0.2, 0.25) is 5.91 Å². The number of carbonyl (C=O) groups excluding carboxylic acids is 3. The van der Waals surface area contributed by atoms with Gasteiger partial charge >= 0.3 is 5.97 Å². The van der Waals surface area contributed by atoms with Gasteiger partial charge in [-0.05, 0) is 37.1 Å². The van der Waals surface area contributed by atoms with Crippen LogP contribution < -0.4 is 5.32 Å². The fourth-order valence-corrected chi connectivity index (χ4v) is 3.48. The maximum absolute atomic E-state index is 12.6.